The molecule has 1 amide bonds. The topological polar surface area (TPSA) is 86.5 Å². The zero-order valence-corrected chi connectivity index (χ0v) is 14.1. The molecule has 3 heterocycles. The number of amides is 1. The summed E-state index contributed by atoms with van der Waals surface area (Å²) in [5.74, 6) is 0.646. The first-order valence-corrected chi connectivity index (χ1v) is 8.88. The van der Waals surface area contributed by atoms with Crippen LogP contribution < -0.4 is 5.32 Å². The molecule has 1 aliphatic carbocycles. The lowest BCUT2D eigenvalue weighted by Crippen LogP contribution is -2.25. The number of nitrogens with one attached hydrogen (secondary N) is 3. The lowest BCUT2D eigenvalue weighted by Gasteiger charge is -2.29. The van der Waals surface area contributed by atoms with Crippen molar-refractivity contribution in [2.45, 2.75) is 37.5 Å². The van der Waals surface area contributed by atoms with Crippen molar-refractivity contribution in [3.63, 3.8) is 0 Å². The third-order valence-corrected chi connectivity index (χ3v) is 5.52. The summed E-state index contributed by atoms with van der Waals surface area (Å²) in [4.78, 5) is 12.2. The molecule has 2 aromatic heterocycles. The van der Waals surface area contributed by atoms with Gasteiger partial charge in [0.2, 0.25) is 5.91 Å². The van der Waals surface area contributed by atoms with E-state index in [9.17, 15) is 9.18 Å². The van der Waals surface area contributed by atoms with Crippen molar-refractivity contribution in [2.24, 2.45) is 0 Å². The van der Waals surface area contributed by atoms with Gasteiger partial charge in [0.25, 0.3) is 0 Å². The number of benzene rings is 1. The number of carbonyl (C=O) groups excluding carboxylic acids is 1. The first kappa shape index (κ1) is 15.3. The van der Waals surface area contributed by atoms with E-state index in [2.05, 4.69) is 25.7 Å². The summed E-state index contributed by atoms with van der Waals surface area (Å²) in [5, 5.41) is 17.6. The van der Waals surface area contributed by atoms with Gasteiger partial charge in [-0.05, 0) is 37.1 Å². The fourth-order valence-corrected chi connectivity index (χ4v) is 3.96. The lowest BCUT2D eigenvalue weighted by atomic mass is 9.76. The largest absolute Gasteiger partial charge is 0.309 e. The maximum absolute atomic E-state index is 13.3. The van der Waals surface area contributed by atoms with E-state index in [0.717, 1.165) is 40.9 Å². The Morgan fingerprint density at radius 1 is 1.12 bits per heavy atom. The van der Waals surface area contributed by atoms with Crippen molar-refractivity contribution in [1.82, 2.24) is 20.4 Å². The lowest BCUT2D eigenvalue weighted by molar-refractivity contribution is -0.116. The molecule has 0 spiro atoms. The fourth-order valence-electron chi connectivity index (χ4n) is 3.96. The van der Waals surface area contributed by atoms with Crippen LogP contribution in [0.5, 0.6) is 0 Å². The Bertz CT molecular complexity index is 970. The number of halogens is 1. The highest BCUT2D eigenvalue weighted by molar-refractivity contribution is 5.95. The van der Waals surface area contributed by atoms with Gasteiger partial charge in [-0.3, -0.25) is 15.0 Å². The maximum atomic E-state index is 13.3. The van der Waals surface area contributed by atoms with E-state index in [0.29, 0.717) is 18.2 Å². The molecule has 1 fully saturated rings. The monoisotopic (exact) mass is 351 g/mol. The quantitative estimate of drug-likeness (QED) is 0.673. The molecule has 7 heteroatoms. The zero-order chi connectivity index (χ0) is 17.7. The standard InChI is InChI=1S/C19H18FN5O/c20-12-6-4-11(5-7-12)17-14(9-21-23-17)13-8-15(26)22-19-16(13)18(24-25-19)10-2-1-3-10/h4-7,9-10,13H,1-3,8H2,(H,21,23)(H2,22,24,25,26). The average Bonchev–Trinajstić information content (AvgIpc) is 3.21. The highest BCUT2D eigenvalue weighted by Gasteiger charge is 2.36. The molecule has 132 valence electrons. The number of anilines is 1. The van der Waals surface area contributed by atoms with E-state index < -0.39 is 0 Å². The van der Waals surface area contributed by atoms with E-state index >= 15 is 0 Å². The average molecular weight is 351 g/mol. The Hall–Kier alpha value is -2.96. The molecule has 5 rings (SSSR count). The number of carbonyl (C=O) groups is 1. The second-order valence-corrected chi connectivity index (χ2v) is 7.04. The predicted molar refractivity (Wildman–Crippen MR) is 94.3 cm³/mol. The third kappa shape index (κ3) is 2.34. The van der Waals surface area contributed by atoms with Crippen LogP contribution in [-0.4, -0.2) is 26.3 Å². The number of nitrogens with zero attached hydrogens (tertiary/aromatic N) is 2. The summed E-state index contributed by atoms with van der Waals surface area (Å²) >= 11 is 0. The molecule has 3 N–H and O–H groups in total. The smallest absolute Gasteiger partial charge is 0.226 e. The Morgan fingerprint density at radius 2 is 1.92 bits per heavy atom. The number of aromatic amines is 2. The first-order chi connectivity index (χ1) is 12.7. The van der Waals surface area contributed by atoms with Crippen LogP contribution >= 0.6 is 0 Å². The van der Waals surface area contributed by atoms with Crippen LogP contribution in [0, 0.1) is 5.82 Å². The minimum Gasteiger partial charge on any atom is -0.309 e. The van der Waals surface area contributed by atoms with Crippen molar-refractivity contribution in [1.29, 1.82) is 0 Å². The van der Waals surface area contributed by atoms with Crippen LogP contribution in [0.2, 0.25) is 0 Å². The summed E-state index contributed by atoms with van der Waals surface area (Å²) < 4.78 is 13.3. The molecule has 26 heavy (non-hydrogen) atoms. The molecule has 2 aliphatic rings. The van der Waals surface area contributed by atoms with E-state index in [-0.39, 0.29) is 17.6 Å². The zero-order valence-electron chi connectivity index (χ0n) is 14.1. The molecule has 6 nitrogen and oxygen atoms in total. The van der Waals surface area contributed by atoms with Gasteiger partial charge in [0.15, 0.2) is 5.82 Å². The summed E-state index contributed by atoms with van der Waals surface area (Å²) in [6.07, 6.45) is 5.63. The molecule has 1 saturated carbocycles. The molecule has 3 aromatic rings. The highest BCUT2D eigenvalue weighted by Crippen LogP contribution is 2.46. The molecule has 1 atom stereocenters. The van der Waals surface area contributed by atoms with Crippen LogP contribution in [0.15, 0.2) is 30.5 Å². The van der Waals surface area contributed by atoms with Crippen molar-refractivity contribution in [2.75, 3.05) is 5.32 Å². The highest BCUT2D eigenvalue weighted by atomic mass is 19.1. The molecule has 1 aliphatic heterocycles. The molecule has 0 bridgehead atoms. The summed E-state index contributed by atoms with van der Waals surface area (Å²) in [6, 6.07) is 6.30. The predicted octanol–water partition coefficient (Wildman–Crippen LogP) is 3.68. The van der Waals surface area contributed by atoms with Gasteiger partial charge in [-0.1, -0.05) is 6.42 Å². The summed E-state index contributed by atoms with van der Waals surface area (Å²) in [5.41, 5.74) is 4.80. The van der Waals surface area contributed by atoms with E-state index in [1.807, 2.05) is 0 Å². The van der Waals surface area contributed by atoms with Crippen LogP contribution in [0.4, 0.5) is 10.2 Å². The number of aromatic nitrogens is 4. The first-order valence-electron chi connectivity index (χ1n) is 8.88. The van der Waals surface area contributed by atoms with E-state index in [1.54, 1.807) is 18.3 Å². The number of fused-ring (bicyclic) bond motifs is 1. The van der Waals surface area contributed by atoms with Gasteiger partial charge in [-0.15, -0.1) is 0 Å². The van der Waals surface area contributed by atoms with E-state index in [4.69, 9.17) is 0 Å². The minimum absolute atomic E-state index is 0.0552. The van der Waals surface area contributed by atoms with Crippen molar-refractivity contribution in [3.05, 3.63) is 53.1 Å². The minimum atomic E-state index is -0.281. The Labute approximate surface area is 149 Å². The van der Waals surface area contributed by atoms with Crippen molar-refractivity contribution < 1.29 is 9.18 Å². The second-order valence-electron chi connectivity index (χ2n) is 7.04. The van der Waals surface area contributed by atoms with Crippen LogP contribution in [-0.2, 0) is 4.79 Å². The SMILES string of the molecule is O=C1CC(c2cn[nH]c2-c2ccc(F)cc2)c2c(n[nH]c2C2CCC2)N1. The van der Waals surface area contributed by atoms with Gasteiger partial charge >= 0.3 is 0 Å². The molecular formula is C19H18FN5O. The van der Waals surface area contributed by atoms with Crippen LogP contribution in [0.3, 0.4) is 0 Å². The van der Waals surface area contributed by atoms with Crippen molar-refractivity contribution in [3.8, 4) is 11.3 Å². The molecule has 0 saturated heterocycles. The molecule has 0 radical (unpaired) electrons. The van der Waals surface area contributed by atoms with Gasteiger partial charge < -0.3 is 5.32 Å². The van der Waals surface area contributed by atoms with Gasteiger partial charge in [-0.2, -0.15) is 10.2 Å². The number of rotatable bonds is 3. The fraction of sp³-hybridized carbons (Fsp3) is 0.316. The Kier molecular flexibility index (Phi) is 3.41. The van der Waals surface area contributed by atoms with Crippen LogP contribution in [0.25, 0.3) is 11.3 Å². The maximum Gasteiger partial charge on any atom is 0.226 e. The van der Waals surface area contributed by atoms with Gasteiger partial charge in [0.05, 0.1) is 11.9 Å². The third-order valence-electron chi connectivity index (χ3n) is 5.52. The van der Waals surface area contributed by atoms with Crippen molar-refractivity contribution >= 4 is 11.7 Å². The number of hydrogen-bond donors (Lipinski definition) is 3. The number of H-pyrrole nitrogens is 2. The van der Waals surface area contributed by atoms with Gasteiger partial charge in [-0.25, -0.2) is 4.39 Å². The van der Waals surface area contributed by atoms with E-state index in [1.165, 1.54) is 18.6 Å². The normalized spacial score (nSPS) is 19.7. The van der Waals surface area contributed by atoms with Gasteiger partial charge in [0.1, 0.15) is 5.82 Å². The van der Waals surface area contributed by atoms with Gasteiger partial charge in [0, 0.05) is 40.6 Å². The number of hydrogen-bond acceptors (Lipinski definition) is 3. The molecule has 1 unspecified atom stereocenters. The molecular weight excluding hydrogens is 333 g/mol. The van der Waals surface area contributed by atoms with Crippen LogP contribution in [0.1, 0.15) is 54.3 Å². The second kappa shape index (κ2) is 5.79. The summed E-state index contributed by atoms with van der Waals surface area (Å²) in [6.45, 7) is 0. The Morgan fingerprint density at radius 3 is 2.65 bits per heavy atom. The Balaban J connectivity index is 1.62. The summed E-state index contributed by atoms with van der Waals surface area (Å²) in [7, 11) is 0. The molecule has 1 aromatic carbocycles.